The first-order valence-electron chi connectivity index (χ1n) is 13.1. The Morgan fingerprint density at radius 2 is 1.22 bits per heavy atom. The number of rotatable bonds is 15. The van der Waals surface area contributed by atoms with E-state index >= 15 is 0 Å². The molecule has 1 aliphatic rings. The summed E-state index contributed by atoms with van der Waals surface area (Å²) in [6, 6.07) is 15.9. The summed E-state index contributed by atoms with van der Waals surface area (Å²) in [4.78, 5) is 59.6. The van der Waals surface area contributed by atoms with Gasteiger partial charge in [0.2, 0.25) is 17.7 Å². The van der Waals surface area contributed by atoms with Gasteiger partial charge in [-0.15, -0.1) is 0 Å². The largest absolute Gasteiger partial charge is 0.463 e. The first-order valence-corrected chi connectivity index (χ1v) is 16.1. The first-order chi connectivity index (χ1) is 19.5. The Morgan fingerprint density at radius 1 is 0.683 bits per heavy atom. The van der Waals surface area contributed by atoms with Gasteiger partial charge >= 0.3 is 11.9 Å². The molecular weight excluding hydrogens is 550 g/mol. The van der Waals surface area contributed by atoms with Crippen LogP contribution in [0, 0.1) is 0 Å². The third-order valence-corrected chi connectivity index (χ3v) is 7.50. The normalized spacial score (nSPS) is 12.5. The summed E-state index contributed by atoms with van der Waals surface area (Å²) in [5.74, 6) is -2.28. The number of esters is 2. The average Bonchev–Trinajstić information content (AvgIpc) is 3.25. The highest BCUT2D eigenvalue weighted by atomic mass is 32.3. The minimum Gasteiger partial charge on any atom is -0.463 e. The van der Waals surface area contributed by atoms with Gasteiger partial charge in [0.15, 0.2) is 0 Å². The van der Waals surface area contributed by atoms with Gasteiger partial charge < -0.3 is 30.2 Å². The van der Waals surface area contributed by atoms with E-state index in [4.69, 9.17) is 14.2 Å². The van der Waals surface area contributed by atoms with Crippen molar-refractivity contribution in [1.82, 2.24) is 16.0 Å². The molecule has 0 aromatic heterocycles. The Balaban J connectivity index is 1.26. The zero-order chi connectivity index (χ0) is 29.8. The molecule has 0 saturated carbocycles. The van der Waals surface area contributed by atoms with Crippen molar-refractivity contribution in [1.29, 1.82) is 0 Å². The maximum absolute atomic E-state index is 12.3. The second-order valence-electron chi connectivity index (χ2n) is 10.2. The highest BCUT2D eigenvalue weighted by Crippen LogP contribution is 2.44. The van der Waals surface area contributed by atoms with Crippen LogP contribution in [0.2, 0.25) is 0 Å². The fraction of sp³-hybridized carbons (Fsp3) is 0.414. The smallest absolute Gasteiger partial charge is 0.332 e. The Labute approximate surface area is 241 Å². The standard InChI is InChI=1S/C29H37N3O8S/c1-41(2,3)13-12-39-29(37)19-38-18-27(35)31-15-25(33)30-14-26(34)32-16-28(36)40-17-24-22-10-6-4-8-20(22)21-9-5-7-11-23(21)24/h4-11,24H,12-19H2,1-3H3,(H,30,33)(H,31,35)(H,32,34). The zero-order valence-electron chi connectivity index (χ0n) is 23.5. The fourth-order valence-electron chi connectivity index (χ4n) is 4.05. The van der Waals surface area contributed by atoms with Gasteiger partial charge in [-0.3, -0.25) is 19.2 Å². The van der Waals surface area contributed by atoms with E-state index in [1.54, 1.807) is 0 Å². The molecule has 1 aliphatic carbocycles. The molecule has 12 heteroatoms. The summed E-state index contributed by atoms with van der Waals surface area (Å²) in [5.41, 5.74) is 4.40. The molecule has 0 aliphatic heterocycles. The molecule has 0 heterocycles. The van der Waals surface area contributed by atoms with Gasteiger partial charge in [-0.2, -0.15) is 0 Å². The maximum Gasteiger partial charge on any atom is 0.332 e. The van der Waals surface area contributed by atoms with Crippen LogP contribution in [0.4, 0.5) is 0 Å². The molecule has 0 spiro atoms. The molecule has 2 aromatic rings. The van der Waals surface area contributed by atoms with Gasteiger partial charge in [0, 0.05) is 11.7 Å². The van der Waals surface area contributed by atoms with E-state index < -0.39 is 46.3 Å². The molecule has 0 saturated heterocycles. The lowest BCUT2D eigenvalue weighted by molar-refractivity contribution is -0.149. The van der Waals surface area contributed by atoms with E-state index in [1.165, 1.54) is 0 Å². The number of fused-ring (bicyclic) bond motifs is 3. The predicted molar refractivity (Wildman–Crippen MR) is 156 cm³/mol. The van der Waals surface area contributed by atoms with Crippen LogP contribution in [-0.2, 0) is 38.2 Å². The van der Waals surface area contributed by atoms with Gasteiger partial charge in [-0.1, -0.05) is 48.5 Å². The number of hydrogen-bond donors (Lipinski definition) is 3. The van der Waals surface area contributed by atoms with Crippen LogP contribution in [0.25, 0.3) is 11.1 Å². The summed E-state index contributed by atoms with van der Waals surface area (Å²) < 4.78 is 15.5. The summed E-state index contributed by atoms with van der Waals surface area (Å²) in [6.07, 6.45) is 6.33. The van der Waals surface area contributed by atoms with E-state index in [9.17, 15) is 24.0 Å². The third kappa shape index (κ3) is 10.5. The molecule has 2 aromatic carbocycles. The summed E-state index contributed by atoms with van der Waals surface area (Å²) in [5, 5.41) is 7.06. The van der Waals surface area contributed by atoms with Crippen LogP contribution in [0.3, 0.4) is 0 Å². The molecule has 41 heavy (non-hydrogen) atoms. The number of benzene rings is 2. The van der Waals surface area contributed by atoms with E-state index in [0.717, 1.165) is 28.0 Å². The third-order valence-electron chi connectivity index (χ3n) is 6.11. The summed E-state index contributed by atoms with van der Waals surface area (Å²) in [6.45, 7) is -1.48. The quantitative estimate of drug-likeness (QED) is 0.261. The van der Waals surface area contributed by atoms with Gasteiger partial charge in [0.05, 0.1) is 19.7 Å². The minimum atomic E-state index is -0.774. The number of amides is 3. The summed E-state index contributed by atoms with van der Waals surface area (Å²) in [7, 11) is -0.774. The van der Waals surface area contributed by atoms with Crippen LogP contribution in [0.15, 0.2) is 48.5 Å². The molecule has 0 atom stereocenters. The zero-order valence-corrected chi connectivity index (χ0v) is 24.3. The van der Waals surface area contributed by atoms with Crippen molar-refractivity contribution in [2.45, 2.75) is 5.92 Å². The molecule has 0 unspecified atom stereocenters. The molecule has 3 amide bonds. The SMILES string of the molecule is CS(C)(C)CCOC(=O)COCC(=O)NCC(=O)NCC(=O)NCC(=O)OCC1c2ccccc2-c2ccccc21. The van der Waals surface area contributed by atoms with E-state index in [-0.39, 0.29) is 38.8 Å². The van der Waals surface area contributed by atoms with Crippen molar-refractivity contribution in [3.63, 3.8) is 0 Å². The lowest BCUT2D eigenvalue weighted by Gasteiger charge is -2.24. The second-order valence-corrected chi connectivity index (χ2v) is 14.8. The molecule has 3 N–H and O–H groups in total. The average molecular weight is 588 g/mol. The number of carbonyl (C=O) groups is 5. The van der Waals surface area contributed by atoms with Crippen molar-refractivity contribution >= 4 is 39.7 Å². The fourth-order valence-corrected chi connectivity index (χ4v) is 4.63. The molecular formula is C29H37N3O8S. The van der Waals surface area contributed by atoms with E-state index in [2.05, 4.69) is 34.7 Å². The van der Waals surface area contributed by atoms with Gasteiger partial charge in [0.1, 0.15) is 26.4 Å². The van der Waals surface area contributed by atoms with E-state index in [1.807, 2.05) is 48.5 Å². The van der Waals surface area contributed by atoms with Crippen molar-refractivity contribution in [2.24, 2.45) is 0 Å². The van der Waals surface area contributed by atoms with Crippen LogP contribution in [0.5, 0.6) is 0 Å². The second kappa shape index (κ2) is 15.2. The Kier molecular flexibility index (Phi) is 11.7. The lowest BCUT2D eigenvalue weighted by atomic mass is 9.98. The molecule has 0 radical (unpaired) electrons. The predicted octanol–water partition coefficient (Wildman–Crippen LogP) is 0.945. The highest BCUT2D eigenvalue weighted by molar-refractivity contribution is 8.32. The number of ether oxygens (including phenoxy) is 3. The van der Waals surface area contributed by atoms with Gasteiger partial charge in [-0.05, 0) is 41.0 Å². The van der Waals surface area contributed by atoms with Gasteiger partial charge in [0.25, 0.3) is 0 Å². The van der Waals surface area contributed by atoms with Crippen molar-refractivity contribution in [3.8, 4) is 11.1 Å². The van der Waals surface area contributed by atoms with Crippen LogP contribution in [-0.4, -0.2) is 100 Å². The van der Waals surface area contributed by atoms with Crippen LogP contribution >= 0.6 is 10.0 Å². The number of nitrogens with one attached hydrogen (secondary N) is 3. The number of hydrogen-bond acceptors (Lipinski definition) is 8. The highest BCUT2D eigenvalue weighted by Gasteiger charge is 2.29. The van der Waals surface area contributed by atoms with Crippen molar-refractivity contribution in [2.75, 3.05) is 70.6 Å². The molecule has 0 fully saturated rings. The summed E-state index contributed by atoms with van der Waals surface area (Å²) >= 11 is 0. The van der Waals surface area contributed by atoms with Crippen LogP contribution < -0.4 is 16.0 Å². The Hall–Kier alpha value is -3.90. The Morgan fingerprint density at radius 3 is 1.80 bits per heavy atom. The van der Waals surface area contributed by atoms with Gasteiger partial charge in [-0.25, -0.2) is 14.8 Å². The first kappa shape index (κ1) is 31.6. The van der Waals surface area contributed by atoms with Crippen molar-refractivity contribution in [3.05, 3.63) is 59.7 Å². The van der Waals surface area contributed by atoms with E-state index in [0.29, 0.717) is 6.61 Å². The number of carbonyl (C=O) groups excluding carboxylic acids is 5. The maximum atomic E-state index is 12.3. The minimum absolute atomic E-state index is 0.0879. The molecule has 11 nitrogen and oxygen atoms in total. The topological polar surface area (TPSA) is 149 Å². The molecule has 222 valence electrons. The van der Waals surface area contributed by atoms with Crippen LogP contribution in [0.1, 0.15) is 17.0 Å². The Bertz CT molecular complexity index is 1220. The monoisotopic (exact) mass is 587 g/mol. The molecule has 0 bridgehead atoms. The van der Waals surface area contributed by atoms with Crippen molar-refractivity contribution < 1.29 is 38.2 Å². The molecule has 3 rings (SSSR count). The lowest BCUT2D eigenvalue weighted by Crippen LogP contribution is -2.43.